The van der Waals surface area contributed by atoms with Gasteiger partial charge < -0.3 is 13.9 Å². The van der Waals surface area contributed by atoms with Crippen LogP contribution in [0, 0.1) is 12.8 Å². The molecule has 0 bridgehead atoms. The van der Waals surface area contributed by atoms with E-state index in [1.54, 1.807) is 0 Å². The fourth-order valence-corrected chi connectivity index (χ4v) is 4.42. The van der Waals surface area contributed by atoms with Gasteiger partial charge in [0.2, 0.25) is 5.89 Å². The first kappa shape index (κ1) is 21.2. The molecule has 1 heterocycles. The highest BCUT2D eigenvalue weighted by atomic mass is 16.5. The predicted molar refractivity (Wildman–Crippen MR) is 119 cm³/mol. The van der Waals surface area contributed by atoms with Crippen molar-refractivity contribution in [1.82, 2.24) is 4.98 Å². The number of esters is 1. The van der Waals surface area contributed by atoms with Crippen LogP contribution >= 0.6 is 0 Å². The first-order chi connectivity index (χ1) is 15.1. The lowest BCUT2D eigenvalue weighted by atomic mass is 9.76. The van der Waals surface area contributed by atoms with Crippen molar-refractivity contribution in [3.8, 4) is 17.2 Å². The van der Waals surface area contributed by atoms with Gasteiger partial charge in [-0.25, -0.2) is 4.98 Å². The Kier molecular flexibility index (Phi) is 6.40. The average Bonchev–Trinajstić information content (AvgIpc) is 3.18. The molecule has 2 aromatic carbocycles. The van der Waals surface area contributed by atoms with Crippen molar-refractivity contribution in [3.05, 3.63) is 71.1 Å². The second-order valence-corrected chi connectivity index (χ2v) is 8.16. The topological polar surface area (TPSA) is 61.6 Å². The Morgan fingerprint density at radius 1 is 1.23 bits per heavy atom. The molecule has 5 heteroatoms. The minimum Gasteiger partial charge on any atom is -0.493 e. The van der Waals surface area contributed by atoms with Crippen molar-refractivity contribution in [2.75, 3.05) is 13.7 Å². The van der Waals surface area contributed by atoms with Crippen molar-refractivity contribution < 1.29 is 18.7 Å². The third kappa shape index (κ3) is 4.66. The second-order valence-electron chi connectivity index (χ2n) is 8.16. The zero-order valence-electron chi connectivity index (χ0n) is 18.4. The summed E-state index contributed by atoms with van der Waals surface area (Å²) in [5.41, 5.74) is 4.41. The summed E-state index contributed by atoms with van der Waals surface area (Å²) >= 11 is 0. The number of hydrogen-bond acceptors (Lipinski definition) is 5. The number of carbonyl (C=O) groups excluding carboxylic acids is 1. The highest BCUT2D eigenvalue weighted by molar-refractivity contribution is 5.73. The van der Waals surface area contributed by atoms with Crippen LogP contribution < -0.4 is 4.74 Å². The Labute approximate surface area is 183 Å². The van der Waals surface area contributed by atoms with Crippen molar-refractivity contribution in [2.45, 2.75) is 45.4 Å². The number of nitrogens with zero attached hydrogens (tertiary/aromatic N) is 1. The van der Waals surface area contributed by atoms with Gasteiger partial charge in [0.15, 0.2) is 0 Å². The summed E-state index contributed by atoms with van der Waals surface area (Å²) < 4.78 is 16.8. The van der Waals surface area contributed by atoms with Crippen LogP contribution in [0.2, 0.25) is 0 Å². The summed E-state index contributed by atoms with van der Waals surface area (Å²) in [6, 6.07) is 16.2. The van der Waals surface area contributed by atoms with Gasteiger partial charge in [0.1, 0.15) is 11.5 Å². The Hall–Kier alpha value is -3.08. The molecule has 0 N–H and O–H groups in total. The molecule has 0 radical (unpaired) electrons. The van der Waals surface area contributed by atoms with E-state index in [9.17, 15) is 4.79 Å². The number of hydrogen-bond donors (Lipinski definition) is 0. The molecular formula is C26H29NO4. The van der Waals surface area contributed by atoms with Crippen LogP contribution in [0.3, 0.4) is 0 Å². The predicted octanol–water partition coefficient (Wildman–Crippen LogP) is 5.50. The molecule has 0 saturated carbocycles. The molecule has 4 rings (SSSR count). The van der Waals surface area contributed by atoms with Crippen LogP contribution in [-0.4, -0.2) is 24.7 Å². The molecule has 1 aromatic heterocycles. The standard InChI is InChI=1S/C26H29NO4/c1-17(26(28)29-3)22-11-7-10-20-16-21(12-13-23(20)22)30-15-14-24-18(2)31-25(27-24)19-8-5-4-6-9-19/h4-6,8-9,12-13,16-17,22H,7,10-11,14-15H2,1-3H3/t17-,22-/m1/s1. The van der Waals surface area contributed by atoms with E-state index >= 15 is 0 Å². The number of ether oxygens (including phenoxy) is 2. The third-order valence-corrected chi connectivity index (χ3v) is 6.17. The fraction of sp³-hybridized carbons (Fsp3) is 0.385. The minimum atomic E-state index is -0.143. The number of benzene rings is 2. The Balaban J connectivity index is 1.40. The zero-order valence-corrected chi connectivity index (χ0v) is 18.4. The van der Waals surface area contributed by atoms with Crippen LogP contribution in [0.4, 0.5) is 0 Å². The number of methoxy groups -OCH3 is 1. The van der Waals surface area contributed by atoms with Gasteiger partial charge in [0.25, 0.3) is 0 Å². The number of rotatable bonds is 7. The fourth-order valence-electron chi connectivity index (χ4n) is 4.42. The molecule has 2 atom stereocenters. The maximum absolute atomic E-state index is 12.0. The van der Waals surface area contributed by atoms with E-state index in [0.717, 1.165) is 42.0 Å². The second kappa shape index (κ2) is 9.38. The van der Waals surface area contributed by atoms with Crippen molar-refractivity contribution >= 4 is 5.97 Å². The summed E-state index contributed by atoms with van der Waals surface area (Å²) in [5.74, 6) is 2.26. The van der Waals surface area contributed by atoms with Gasteiger partial charge in [-0.15, -0.1) is 0 Å². The van der Waals surface area contributed by atoms with E-state index in [-0.39, 0.29) is 17.8 Å². The van der Waals surface area contributed by atoms with E-state index in [2.05, 4.69) is 17.1 Å². The maximum Gasteiger partial charge on any atom is 0.308 e. The van der Waals surface area contributed by atoms with E-state index in [4.69, 9.17) is 13.9 Å². The largest absolute Gasteiger partial charge is 0.493 e. The van der Waals surface area contributed by atoms with Gasteiger partial charge in [-0.1, -0.05) is 31.2 Å². The molecule has 0 spiro atoms. The Bertz CT molecular complexity index is 1040. The van der Waals surface area contributed by atoms with Crippen LogP contribution in [0.25, 0.3) is 11.5 Å². The molecule has 0 saturated heterocycles. The summed E-state index contributed by atoms with van der Waals surface area (Å²) in [4.78, 5) is 16.7. The molecule has 162 valence electrons. The molecule has 0 fully saturated rings. The van der Waals surface area contributed by atoms with Gasteiger partial charge in [0, 0.05) is 12.0 Å². The molecule has 1 aliphatic carbocycles. The molecule has 0 aliphatic heterocycles. The van der Waals surface area contributed by atoms with Crippen molar-refractivity contribution in [3.63, 3.8) is 0 Å². The average molecular weight is 420 g/mol. The van der Waals surface area contributed by atoms with E-state index < -0.39 is 0 Å². The number of aryl methyl sites for hydroxylation is 2. The molecular weight excluding hydrogens is 390 g/mol. The van der Waals surface area contributed by atoms with Crippen molar-refractivity contribution in [2.24, 2.45) is 5.92 Å². The lowest BCUT2D eigenvalue weighted by molar-refractivity contribution is -0.145. The lowest BCUT2D eigenvalue weighted by Gasteiger charge is -2.29. The van der Waals surface area contributed by atoms with Gasteiger partial charge in [-0.3, -0.25) is 4.79 Å². The Morgan fingerprint density at radius 3 is 2.81 bits per heavy atom. The van der Waals surface area contributed by atoms with E-state index in [1.807, 2.05) is 50.2 Å². The van der Waals surface area contributed by atoms with E-state index in [0.29, 0.717) is 18.9 Å². The van der Waals surface area contributed by atoms with Gasteiger partial charge in [0.05, 0.1) is 25.3 Å². The monoisotopic (exact) mass is 419 g/mol. The van der Waals surface area contributed by atoms with Gasteiger partial charge in [-0.05, 0) is 67.5 Å². The highest BCUT2D eigenvalue weighted by Gasteiger charge is 2.30. The Morgan fingerprint density at radius 2 is 2.03 bits per heavy atom. The summed E-state index contributed by atoms with van der Waals surface area (Å²) in [5, 5.41) is 0. The third-order valence-electron chi connectivity index (χ3n) is 6.17. The maximum atomic E-state index is 12.0. The quantitative estimate of drug-likeness (QED) is 0.473. The van der Waals surface area contributed by atoms with Crippen molar-refractivity contribution in [1.29, 1.82) is 0 Å². The number of aromatic nitrogens is 1. The number of oxazole rings is 1. The first-order valence-electron chi connectivity index (χ1n) is 10.9. The number of fused-ring (bicyclic) bond motifs is 1. The van der Waals surface area contributed by atoms with E-state index in [1.165, 1.54) is 18.2 Å². The van der Waals surface area contributed by atoms with Crippen LogP contribution in [0.5, 0.6) is 5.75 Å². The molecule has 0 unspecified atom stereocenters. The van der Waals surface area contributed by atoms with Crippen LogP contribution in [0.1, 0.15) is 48.3 Å². The van der Waals surface area contributed by atoms with Crippen LogP contribution in [-0.2, 0) is 22.4 Å². The highest BCUT2D eigenvalue weighted by Crippen LogP contribution is 2.38. The minimum absolute atomic E-state index is 0.134. The first-order valence-corrected chi connectivity index (χ1v) is 10.9. The molecule has 1 aliphatic rings. The normalized spacial score (nSPS) is 16.4. The van der Waals surface area contributed by atoms with Gasteiger partial charge >= 0.3 is 5.97 Å². The summed E-state index contributed by atoms with van der Waals surface area (Å²) in [6.45, 7) is 4.43. The smallest absolute Gasteiger partial charge is 0.308 e. The molecule has 5 nitrogen and oxygen atoms in total. The lowest BCUT2D eigenvalue weighted by Crippen LogP contribution is -2.24. The number of carbonyl (C=O) groups is 1. The summed E-state index contributed by atoms with van der Waals surface area (Å²) in [6.07, 6.45) is 3.78. The molecule has 3 aromatic rings. The van der Waals surface area contributed by atoms with Crippen LogP contribution in [0.15, 0.2) is 52.9 Å². The molecule has 31 heavy (non-hydrogen) atoms. The summed E-state index contributed by atoms with van der Waals surface area (Å²) in [7, 11) is 1.46. The molecule has 0 amide bonds. The van der Waals surface area contributed by atoms with Gasteiger partial charge in [-0.2, -0.15) is 0 Å². The zero-order chi connectivity index (χ0) is 21.8. The SMILES string of the molecule is COC(=O)[C@H](C)[C@H]1CCCc2cc(OCCc3nc(-c4ccccc4)oc3C)ccc21.